The Morgan fingerprint density at radius 1 is 1.50 bits per heavy atom. The second kappa shape index (κ2) is 6.67. The van der Waals surface area contributed by atoms with Crippen molar-refractivity contribution in [1.82, 2.24) is 15.3 Å². The van der Waals surface area contributed by atoms with Gasteiger partial charge in [0, 0.05) is 23.7 Å². The first kappa shape index (κ1) is 14.7. The van der Waals surface area contributed by atoms with Crippen LogP contribution in [0.4, 0.5) is 5.82 Å². The number of pyridine rings is 1. The molecule has 0 spiro atoms. The molecule has 1 atom stereocenters. The average Bonchev–Trinajstić information content (AvgIpc) is 2.92. The van der Waals surface area contributed by atoms with Gasteiger partial charge in [-0.05, 0) is 26.0 Å². The Bertz CT molecular complexity index is 588. The summed E-state index contributed by atoms with van der Waals surface area (Å²) in [6, 6.07) is 3.09. The van der Waals surface area contributed by atoms with E-state index in [0.717, 1.165) is 5.01 Å². The molecule has 0 aliphatic heterocycles. The average molecular weight is 311 g/mol. The summed E-state index contributed by atoms with van der Waals surface area (Å²) in [5.41, 5.74) is 0.476. The van der Waals surface area contributed by atoms with Gasteiger partial charge in [0.1, 0.15) is 16.0 Å². The number of carbonyl (C=O) groups is 1. The molecule has 2 aromatic rings. The van der Waals surface area contributed by atoms with Crippen LogP contribution in [0.5, 0.6) is 0 Å². The quantitative estimate of drug-likeness (QED) is 0.833. The summed E-state index contributed by atoms with van der Waals surface area (Å²) in [6.07, 6.45) is 1.72. The topological polar surface area (TPSA) is 66.9 Å². The molecule has 7 heteroatoms. The van der Waals surface area contributed by atoms with Gasteiger partial charge in [-0.2, -0.15) is 0 Å². The highest BCUT2D eigenvalue weighted by molar-refractivity contribution is 7.09. The number of hydrogen-bond acceptors (Lipinski definition) is 5. The molecule has 0 saturated carbocycles. The van der Waals surface area contributed by atoms with Crippen LogP contribution in [0, 0.1) is 0 Å². The molecule has 0 saturated heterocycles. The molecule has 2 heterocycles. The maximum Gasteiger partial charge on any atom is 0.252 e. The van der Waals surface area contributed by atoms with Crippen LogP contribution in [0.15, 0.2) is 23.7 Å². The van der Waals surface area contributed by atoms with Crippen molar-refractivity contribution in [1.29, 1.82) is 0 Å². The van der Waals surface area contributed by atoms with E-state index in [1.54, 1.807) is 18.3 Å². The second-order valence-corrected chi connectivity index (χ2v) is 5.47. The zero-order valence-corrected chi connectivity index (χ0v) is 12.8. The van der Waals surface area contributed by atoms with E-state index >= 15 is 0 Å². The summed E-state index contributed by atoms with van der Waals surface area (Å²) in [5, 5.41) is 8.96. The van der Waals surface area contributed by atoms with Gasteiger partial charge in [-0.3, -0.25) is 4.79 Å². The van der Waals surface area contributed by atoms with Gasteiger partial charge in [0.25, 0.3) is 5.91 Å². The summed E-state index contributed by atoms with van der Waals surface area (Å²) in [5.74, 6) is 0.392. The van der Waals surface area contributed by atoms with Crippen LogP contribution in [0.1, 0.15) is 35.3 Å². The normalized spacial score (nSPS) is 11.9. The molecule has 5 nitrogen and oxygen atoms in total. The number of nitrogens with one attached hydrogen (secondary N) is 2. The molecule has 2 N–H and O–H groups in total. The smallest absolute Gasteiger partial charge is 0.252 e. The fourth-order valence-electron chi connectivity index (χ4n) is 1.69. The highest BCUT2D eigenvalue weighted by Gasteiger charge is 2.14. The Labute approximate surface area is 126 Å². The number of nitrogens with zero attached hydrogens (tertiary/aromatic N) is 2. The highest BCUT2D eigenvalue weighted by atomic mass is 35.5. The lowest BCUT2D eigenvalue weighted by atomic mass is 10.2. The van der Waals surface area contributed by atoms with Gasteiger partial charge < -0.3 is 10.6 Å². The van der Waals surface area contributed by atoms with Crippen molar-refractivity contribution < 1.29 is 4.79 Å². The highest BCUT2D eigenvalue weighted by Crippen LogP contribution is 2.18. The Morgan fingerprint density at radius 3 is 2.95 bits per heavy atom. The lowest BCUT2D eigenvalue weighted by Crippen LogP contribution is -2.26. The Balaban J connectivity index is 2.12. The van der Waals surface area contributed by atoms with Crippen molar-refractivity contribution in [2.75, 3.05) is 11.9 Å². The Morgan fingerprint density at radius 2 is 2.30 bits per heavy atom. The third kappa shape index (κ3) is 3.68. The third-order valence-corrected chi connectivity index (χ3v) is 3.74. The Kier molecular flexibility index (Phi) is 4.92. The minimum Gasteiger partial charge on any atom is -0.370 e. The van der Waals surface area contributed by atoms with Gasteiger partial charge in [-0.1, -0.05) is 11.6 Å². The predicted molar refractivity (Wildman–Crippen MR) is 81.4 cm³/mol. The Hall–Kier alpha value is -1.66. The number of aromatic nitrogens is 2. The van der Waals surface area contributed by atoms with E-state index < -0.39 is 0 Å². The first-order valence-electron chi connectivity index (χ1n) is 6.22. The van der Waals surface area contributed by atoms with Gasteiger partial charge in [0.15, 0.2) is 0 Å². The van der Waals surface area contributed by atoms with Crippen LogP contribution in [-0.4, -0.2) is 22.4 Å². The summed E-state index contributed by atoms with van der Waals surface area (Å²) in [4.78, 5) is 20.5. The molecule has 0 radical (unpaired) electrons. The summed E-state index contributed by atoms with van der Waals surface area (Å²) < 4.78 is 0. The van der Waals surface area contributed by atoms with Crippen LogP contribution in [0.2, 0.25) is 5.15 Å². The second-order valence-electron chi connectivity index (χ2n) is 4.16. The minimum atomic E-state index is -0.198. The molecule has 0 aromatic carbocycles. The zero-order chi connectivity index (χ0) is 14.5. The van der Waals surface area contributed by atoms with Gasteiger partial charge in [-0.25, -0.2) is 9.97 Å². The minimum absolute atomic E-state index is 0.142. The van der Waals surface area contributed by atoms with Crippen molar-refractivity contribution in [3.8, 4) is 0 Å². The van der Waals surface area contributed by atoms with Crippen LogP contribution in [0.3, 0.4) is 0 Å². The van der Waals surface area contributed by atoms with E-state index in [1.165, 1.54) is 11.3 Å². The lowest BCUT2D eigenvalue weighted by molar-refractivity contribution is 0.0940. The number of carbonyl (C=O) groups excluding carboxylic acids is 1. The van der Waals surface area contributed by atoms with Crippen molar-refractivity contribution in [3.63, 3.8) is 0 Å². The molecular formula is C13H15ClN4OS. The SMILES string of the molecule is CCNc1cc(C(=O)NC(C)c2nccs2)cc(Cl)n1. The number of amides is 1. The van der Waals surface area contributed by atoms with E-state index in [2.05, 4.69) is 20.6 Å². The molecule has 1 amide bonds. The van der Waals surface area contributed by atoms with Crippen molar-refractivity contribution in [2.45, 2.75) is 19.9 Å². The number of thiazole rings is 1. The molecule has 1 unspecified atom stereocenters. The largest absolute Gasteiger partial charge is 0.370 e. The van der Waals surface area contributed by atoms with E-state index in [-0.39, 0.29) is 17.1 Å². The fourth-order valence-corrected chi connectivity index (χ4v) is 2.54. The van der Waals surface area contributed by atoms with Crippen LogP contribution < -0.4 is 10.6 Å². The molecule has 0 aliphatic carbocycles. The van der Waals surface area contributed by atoms with Crippen molar-refractivity contribution in [3.05, 3.63) is 39.4 Å². The molecule has 20 heavy (non-hydrogen) atoms. The predicted octanol–water partition coefficient (Wildman–Crippen LogP) is 3.11. The summed E-state index contributed by atoms with van der Waals surface area (Å²) >= 11 is 7.43. The van der Waals surface area contributed by atoms with E-state index in [4.69, 9.17) is 11.6 Å². The van der Waals surface area contributed by atoms with Gasteiger partial charge >= 0.3 is 0 Å². The molecule has 2 rings (SSSR count). The molecular weight excluding hydrogens is 296 g/mol. The van der Waals surface area contributed by atoms with Crippen LogP contribution >= 0.6 is 22.9 Å². The molecule has 0 fully saturated rings. The van der Waals surface area contributed by atoms with E-state index in [9.17, 15) is 4.79 Å². The van der Waals surface area contributed by atoms with Gasteiger partial charge in [0.05, 0.1) is 6.04 Å². The molecule has 106 valence electrons. The third-order valence-electron chi connectivity index (χ3n) is 2.58. The van der Waals surface area contributed by atoms with Crippen molar-refractivity contribution in [2.24, 2.45) is 0 Å². The number of rotatable bonds is 5. The zero-order valence-electron chi connectivity index (χ0n) is 11.2. The van der Waals surface area contributed by atoms with E-state index in [1.807, 2.05) is 19.2 Å². The first-order chi connectivity index (χ1) is 9.60. The number of halogens is 1. The molecule has 0 bridgehead atoms. The van der Waals surface area contributed by atoms with Gasteiger partial charge in [0.2, 0.25) is 0 Å². The lowest BCUT2D eigenvalue weighted by Gasteiger charge is -2.12. The van der Waals surface area contributed by atoms with E-state index in [0.29, 0.717) is 17.9 Å². The van der Waals surface area contributed by atoms with Gasteiger partial charge in [-0.15, -0.1) is 11.3 Å². The summed E-state index contributed by atoms with van der Waals surface area (Å²) in [6.45, 7) is 4.56. The number of hydrogen-bond donors (Lipinski definition) is 2. The van der Waals surface area contributed by atoms with Crippen molar-refractivity contribution >= 4 is 34.7 Å². The monoisotopic (exact) mass is 310 g/mol. The van der Waals surface area contributed by atoms with Crippen LogP contribution in [0.25, 0.3) is 0 Å². The first-order valence-corrected chi connectivity index (χ1v) is 7.47. The van der Waals surface area contributed by atoms with Crippen LogP contribution in [-0.2, 0) is 0 Å². The summed E-state index contributed by atoms with van der Waals surface area (Å²) in [7, 11) is 0. The number of anilines is 1. The maximum absolute atomic E-state index is 12.2. The molecule has 0 aliphatic rings. The molecule has 2 aromatic heterocycles. The maximum atomic E-state index is 12.2. The fraction of sp³-hybridized carbons (Fsp3) is 0.308. The standard InChI is InChI=1S/C13H15ClN4OS/c1-3-15-11-7-9(6-10(14)18-11)12(19)17-8(2)13-16-4-5-20-13/h4-8H,3H2,1-2H3,(H,15,18)(H,17,19).